The Morgan fingerprint density at radius 3 is 2.48 bits per heavy atom. The second kappa shape index (κ2) is 5.82. The van der Waals surface area contributed by atoms with Crippen molar-refractivity contribution in [3.05, 3.63) is 35.8 Å². The number of hydrogen-bond donors (Lipinski definition) is 1. The lowest BCUT2D eigenvalue weighted by Crippen LogP contribution is -2.41. The van der Waals surface area contributed by atoms with E-state index in [1.165, 1.54) is 14.2 Å². The lowest BCUT2D eigenvalue weighted by Gasteiger charge is -2.32. The molecule has 1 atom stereocenters. The summed E-state index contributed by atoms with van der Waals surface area (Å²) in [6, 6.07) is 0. The lowest BCUT2D eigenvalue weighted by molar-refractivity contribution is -0.137. The van der Waals surface area contributed by atoms with Gasteiger partial charge in [-0.2, -0.15) is 5.10 Å². The minimum atomic E-state index is -0.857. The topological polar surface area (TPSA) is 86.2 Å². The van der Waals surface area contributed by atoms with Crippen LogP contribution in [0.3, 0.4) is 0 Å². The van der Waals surface area contributed by atoms with Gasteiger partial charge in [-0.3, -0.25) is 5.43 Å². The first-order valence-corrected chi connectivity index (χ1v) is 6.23. The maximum absolute atomic E-state index is 11.9. The summed E-state index contributed by atoms with van der Waals surface area (Å²) in [5, 5.41) is 3.98. The Kier molecular flexibility index (Phi) is 4.11. The summed E-state index contributed by atoms with van der Waals surface area (Å²) in [6.07, 6.45) is 7.32. The summed E-state index contributed by atoms with van der Waals surface area (Å²) in [5.74, 6) is -0.449. The second-order valence-corrected chi connectivity index (χ2v) is 4.50. The zero-order valence-electron chi connectivity index (χ0n) is 12.0. The molecule has 0 unspecified atom stereocenters. The van der Waals surface area contributed by atoms with Crippen LogP contribution in [-0.4, -0.2) is 39.0 Å². The molecule has 7 heteroatoms. The monoisotopic (exact) mass is 292 g/mol. The Morgan fingerprint density at radius 1 is 1.24 bits per heavy atom. The minimum Gasteiger partial charge on any atom is -0.497 e. The third-order valence-corrected chi connectivity index (χ3v) is 3.34. The number of nitrogens with one attached hydrogen (secondary N) is 1. The van der Waals surface area contributed by atoms with E-state index in [4.69, 9.17) is 9.47 Å². The zero-order valence-corrected chi connectivity index (χ0v) is 12.0. The number of allylic oxidation sites excluding steroid dienone is 4. The summed E-state index contributed by atoms with van der Waals surface area (Å²) < 4.78 is 14.6. The van der Waals surface area contributed by atoms with Crippen LogP contribution in [0.1, 0.15) is 6.42 Å². The number of esters is 2. The third kappa shape index (κ3) is 2.67. The molecule has 2 rings (SSSR count). The van der Waals surface area contributed by atoms with Crippen LogP contribution in [0.25, 0.3) is 0 Å². The number of carbonyl (C=O) groups is 2. The molecule has 1 aliphatic carbocycles. The summed E-state index contributed by atoms with van der Waals surface area (Å²) in [7, 11) is 4.11. The van der Waals surface area contributed by atoms with Gasteiger partial charge in [0.1, 0.15) is 11.5 Å². The summed E-state index contributed by atoms with van der Waals surface area (Å²) in [4.78, 5) is 23.6. The van der Waals surface area contributed by atoms with Gasteiger partial charge in [-0.25, -0.2) is 9.59 Å². The highest BCUT2D eigenvalue weighted by Gasteiger charge is 2.41. The average molecular weight is 292 g/mol. The van der Waals surface area contributed by atoms with Crippen LogP contribution >= 0.6 is 0 Å². The molecule has 1 aliphatic heterocycles. The molecular weight excluding hydrogens is 276 g/mol. The lowest BCUT2D eigenvalue weighted by atomic mass is 9.75. The van der Waals surface area contributed by atoms with Crippen LogP contribution in [0.5, 0.6) is 0 Å². The first kappa shape index (κ1) is 14.8. The fourth-order valence-electron chi connectivity index (χ4n) is 2.20. The summed E-state index contributed by atoms with van der Waals surface area (Å²) in [6.45, 7) is 0. The van der Waals surface area contributed by atoms with Crippen molar-refractivity contribution in [1.29, 1.82) is 0 Å². The van der Waals surface area contributed by atoms with Gasteiger partial charge in [0.15, 0.2) is 5.71 Å². The molecule has 0 aromatic heterocycles. The molecule has 0 amide bonds. The Labute approximate surface area is 121 Å². The highest BCUT2D eigenvalue weighted by Crippen LogP contribution is 2.36. The Morgan fingerprint density at radius 2 is 1.95 bits per heavy atom. The van der Waals surface area contributed by atoms with E-state index < -0.39 is 17.4 Å². The molecule has 0 saturated carbocycles. The highest BCUT2D eigenvalue weighted by atomic mass is 16.5. The first-order valence-electron chi connectivity index (χ1n) is 6.23. The van der Waals surface area contributed by atoms with Crippen molar-refractivity contribution in [3.63, 3.8) is 0 Å². The maximum atomic E-state index is 11.9. The van der Waals surface area contributed by atoms with E-state index in [-0.39, 0.29) is 11.4 Å². The fourth-order valence-corrected chi connectivity index (χ4v) is 2.20. The maximum Gasteiger partial charge on any atom is 0.355 e. The minimum absolute atomic E-state index is 0.167. The van der Waals surface area contributed by atoms with E-state index in [1.807, 2.05) is 6.08 Å². The number of carbonyl (C=O) groups excluding carboxylic acids is 2. The summed E-state index contributed by atoms with van der Waals surface area (Å²) >= 11 is 0. The molecule has 1 N–H and O–H groups in total. The van der Waals surface area contributed by atoms with Gasteiger partial charge in [0, 0.05) is 0 Å². The Bertz CT molecular complexity index is 588. The van der Waals surface area contributed by atoms with Crippen LogP contribution in [-0.2, 0) is 23.8 Å². The summed E-state index contributed by atoms with van der Waals surface area (Å²) in [5.41, 5.74) is 2.00. The first-order chi connectivity index (χ1) is 10.1. The predicted octanol–water partition coefficient (Wildman–Crippen LogP) is 0.652. The second-order valence-electron chi connectivity index (χ2n) is 4.50. The largest absolute Gasteiger partial charge is 0.497 e. The normalized spacial score (nSPS) is 23.5. The Balaban J connectivity index is 2.42. The van der Waals surface area contributed by atoms with Crippen LogP contribution in [0.15, 0.2) is 40.9 Å². The quantitative estimate of drug-likeness (QED) is 0.769. The number of nitrogens with zero attached hydrogens (tertiary/aromatic N) is 1. The van der Waals surface area contributed by atoms with Crippen molar-refractivity contribution in [2.45, 2.75) is 6.42 Å². The molecule has 0 aromatic carbocycles. The zero-order chi connectivity index (χ0) is 15.5. The molecule has 0 aromatic rings. The molecule has 0 saturated heterocycles. The predicted molar refractivity (Wildman–Crippen MR) is 74.0 cm³/mol. The Hall–Kier alpha value is -2.57. The number of rotatable bonds is 3. The number of methoxy groups -OCH3 is 3. The van der Waals surface area contributed by atoms with Crippen molar-refractivity contribution in [2.75, 3.05) is 21.3 Å². The van der Waals surface area contributed by atoms with Crippen molar-refractivity contribution in [2.24, 2.45) is 10.5 Å². The SMILES string of the molecule is COC(=O)C1=C[C@@]2(C=CC(OC)=CC2)C(C(=O)OC)=NN1. The smallest absolute Gasteiger partial charge is 0.355 e. The fraction of sp³-hybridized carbons (Fsp3) is 0.357. The van der Waals surface area contributed by atoms with Crippen LogP contribution in [0.2, 0.25) is 0 Å². The molecule has 112 valence electrons. The van der Waals surface area contributed by atoms with Crippen molar-refractivity contribution < 1.29 is 23.8 Å². The standard InChI is InChI=1S/C14H16N2O5/c1-19-9-4-6-14(7-5-9)8-10(12(17)20-2)15-16-11(14)13(18)21-3/h4-6,8,15H,7H2,1-3H3/t14-/m0/s1. The van der Waals surface area contributed by atoms with E-state index >= 15 is 0 Å². The molecule has 1 heterocycles. The average Bonchev–Trinajstić information content (AvgIpc) is 2.54. The van der Waals surface area contributed by atoms with E-state index in [2.05, 4.69) is 15.3 Å². The van der Waals surface area contributed by atoms with Gasteiger partial charge in [-0.05, 0) is 24.6 Å². The molecular formula is C14H16N2O5. The molecule has 7 nitrogen and oxygen atoms in total. The molecule has 21 heavy (non-hydrogen) atoms. The highest BCUT2D eigenvalue weighted by molar-refractivity contribution is 6.40. The van der Waals surface area contributed by atoms with Crippen LogP contribution in [0.4, 0.5) is 0 Å². The molecule has 0 radical (unpaired) electrons. The van der Waals surface area contributed by atoms with Crippen LogP contribution < -0.4 is 5.43 Å². The van der Waals surface area contributed by atoms with Gasteiger partial charge < -0.3 is 14.2 Å². The van der Waals surface area contributed by atoms with E-state index in [9.17, 15) is 9.59 Å². The third-order valence-electron chi connectivity index (χ3n) is 3.34. The number of ether oxygens (including phenoxy) is 3. The molecule has 0 fully saturated rings. The van der Waals surface area contributed by atoms with Gasteiger partial charge in [0.25, 0.3) is 0 Å². The molecule has 0 bridgehead atoms. The number of hydrazone groups is 1. The van der Waals surface area contributed by atoms with E-state index in [0.29, 0.717) is 12.2 Å². The van der Waals surface area contributed by atoms with E-state index in [1.54, 1.807) is 25.3 Å². The van der Waals surface area contributed by atoms with Crippen LogP contribution in [0, 0.1) is 5.41 Å². The van der Waals surface area contributed by atoms with Gasteiger partial charge in [-0.15, -0.1) is 0 Å². The van der Waals surface area contributed by atoms with Gasteiger partial charge in [-0.1, -0.05) is 6.08 Å². The van der Waals surface area contributed by atoms with Gasteiger partial charge in [0.05, 0.1) is 26.7 Å². The number of hydrogen-bond acceptors (Lipinski definition) is 7. The molecule has 2 aliphatic rings. The van der Waals surface area contributed by atoms with Gasteiger partial charge >= 0.3 is 11.9 Å². The van der Waals surface area contributed by atoms with Crippen molar-refractivity contribution >= 4 is 17.7 Å². The van der Waals surface area contributed by atoms with Crippen molar-refractivity contribution in [3.8, 4) is 0 Å². The molecule has 1 spiro atoms. The van der Waals surface area contributed by atoms with Crippen molar-refractivity contribution in [1.82, 2.24) is 5.43 Å². The van der Waals surface area contributed by atoms with Gasteiger partial charge in [0.2, 0.25) is 0 Å². The van der Waals surface area contributed by atoms with E-state index in [0.717, 1.165) is 0 Å².